The van der Waals surface area contributed by atoms with Crippen molar-refractivity contribution in [2.75, 3.05) is 13.1 Å². The van der Waals surface area contributed by atoms with Crippen LogP contribution in [0.2, 0.25) is 0 Å². The number of β-amino-alcohol motifs (C(OH)–C–C–N with tert-alkyl or cyclic N) is 1. The third kappa shape index (κ3) is 3.03. The largest absolute Gasteiger partial charge is 0.420 e. The second-order valence-corrected chi connectivity index (χ2v) is 6.79. The predicted molar refractivity (Wildman–Crippen MR) is 93.6 cm³/mol. The van der Waals surface area contributed by atoms with Gasteiger partial charge >= 0.3 is 5.76 Å². The number of nitrogens with zero attached hydrogens (tertiary/aromatic N) is 3. The molecule has 1 fully saturated rings. The number of carbonyl (C=O) groups excluding carboxylic acids is 1. The van der Waals surface area contributed by atoms with Crippen LogP contribution in [-0.4, -0.2) is 49.9 Å². The summed E-state index contributed by atoms with van der Waals surface area (Å²) < 4.78 is 6.49. The first-order valence-electron chi connectivity index (χ1n) is 8.56. The van der Waals surface area contributed by atoms with Crippen LogP contribution in [0.1, 0.15) is 11.4 Å². The van der Waals surface area contributed by atoms with Crippen molar-refractivity contribution in [1.82, 2.24) is 19.7 Å². The van der Waals surface area contributed by atoms with E-state index >= 15 is 0 Å². The monoisotopic (exact) mass is 356 g/mol. The number of carbonyl (C=O) groups is 1. The van der Waals surface area contributed by atoms with Crippen molar-refractivity contribution in [3.8, 4) is 0 Å². The highest BCUT2D eigenvalue weighted by Crippen LogP contribution is 2.22. The second-order valence-electron chi connectivity index (χ2n) is 6.79. The summed E-state index contributed by atoms with van der Waals surface area (Å²) >= 11 is 0. The molecule has 1 aliphatic rings. The molecular weight excluding hydrogens is 336 g/mol. The molecule has 8 nitrogen and oxygen atoms in total. The van der Waals surface area contributed by atoms with Crippen LogP contribution in [0.15, 0.2) is 39.5 Å². The van der Waals surface area contributed by atoms with Crippen molar-refractivity contribution in [1.29, 1.82) is 0 Å². The number of H-pyrrole nitrogens is 1. The number of hydrogen-bond acceptors (Lipinski definition) is 5. The fourth-order valence-corrected chi connectivity index (χ4v) is 3.50. The number of fused-ring (bicyclic) bond motifs is 1. The number of rotatable bonds is 4. The fraction of sp³-hybridized carbons (Fsp3) is 0.389. The van der Waals surface area contributed by atoms with E-state index in [2.05, 4.69) is 10.2 Å². The summed E-state index contributed by atoms with van der Waals surface area (Å²) in [6.07, 6.45) is -0.00192. The van der Waals surface area contributed by atoms with E-state index in [0.717, 1.165) is 11.4 Å². The molecule has 2 atom stereocenters. The third-order valence-corrected chi connectivity index (χ3v) is 4.86. The molecule has 0 aliphatic carbocycles. The summed E-state index contributed by atoms with van der Waals surface area (Å²) in [4.78, 5) is 26.3. The maximum absolute atomic E-state index is 12.6. The highest BCUT2D eigenvalue weighted by Gasteiger charge is 2.34. The molecule has 26 heavy (non-hydrogen) atoms. The maximum atomic E-state index is 12.6. The zero-order valence-electron chi connectivity index (χ0n) is 14.4. The summed E-state index contributed by atoms with van der Waals surface area (Å²) in [5.74, 6) is -0.833. The quantitative estimate of drug-likeness (QED) is 0.716. The first-order chi connectivity index (χ1) is 12.5. The van der Waals surface area contributed by atoms with Gasteiger partial charge in [-0.2, -0.15) is 5.10 Å². The van der Waals surface area contributed by atoms with E-state index in [-0.39, 0.29) is 24.9 Å². The van der Waals surface area contributed by atoms with E-state index in [0.29, 0.717) is 24.1 Å². The Morgan fingerprint density at radius 2 is 2.19 bits per heavy atom. The smallest absolute Gasteiger partial charge is 0.408 e. The van der Waals surface area contributed by atoms with Gasteiger partial charge in [-0.25, -0.2) is 4.79 Å². The topological polar surface area (TPSA) is 104 Å². The van der Waals surface area contributed by atoms with Gasteiger partial charge in [0.1, 0.15) is 6.54 Å². The molecule has 1 aromatic carbocycles. The third-order valence-electron chi connectivity index (χ3n) is 4.86. The number of aliphatic hydroxyl groups excluding tert-OH is 1. The number of likely N-dealkylation sites (tertiary alicyclic amines) is 1. The van der Waals surface area contributed by atoms with Crippen LogP contribution in [-0.2, 0) is 17.8 Å². The SMILES string of the molecule is Cc1cc(C[C@@H]2CN(C(=O)Cn3c(=O)oc4ccccc43)C[C@H]2O)n[nH]1. The molecule has 2 N–H and O–H groups in total. The Kier molecular flexibility index (Phi) is 4.12. The Bertz CT molecular complexity index is 1000. The van der Waals surface area contributed by atoms with Crippen molar-refractivity contribution < 1.29 is 14.3 Å². The summed E-state index contributed by atoms with van der Waals surface area (Å²) in [5.41, 5.74) is 2.89. The number of aromatic amines is 1. The van der Waals surface area contributed by atoms with Crippen molar-refractivity contribution >= 4 is 17.0 Å². The van der Waals surface area contributed by atoms with Gasteiger partial charge in [-0.3, -0.25) is 14.5 Å². The second kappa shape index (κ2) is 6.45. The number of benzene rings is 1. The normalized spacial score (nSPS) is 20.2. The molecule has 3 aromatic rings. The lowest BCUT2D eigenvalue weighted by molar-refractivity contribution is -0.131. The summed E-state index contributed by atoms with van der Waals surface area (Å²) in [6, 6.07) is 8.94. The molecule has 0 saturated carbocycles. The number of aryl methyl sites for hydroxylation is 1. The molecule has 0 radical (unpaired) electrons. The van der Waals surface area contributed by atoms with Gasteiger partial charge in [0, 0.05) is 24.7 Å². The minimum absolute atomic E-state index is 0.0699. The molecule has 8 heteroatoms. The molecular formula is C18H20N4O4. The van der Waals surface area contributed by atoms with Gasteiger partial charge in [0.15, 0.2) is 5.58 Å². The molecule has 1 aliphatic heterocycles. The molecule has 1 saturated heterocycles. The van der Waals surface area contributed by atoms with Gasteiger partial charge in [0.2, 0.25) is 5.91 Å². The van der Waals surface area contributed by atoms with Crippen LogP contribution in [0, 0.1) is 12.8 Å². The predicted octanol–water partition coefficient (Wildman–Crippen LogP) is 0.688. The van der Waals surface area contributed by atoms with E-state index in [9.17, 15) is 14.7 Å². The number of aliphatic hydroxyl groups is 1. The Hall–Kier alpha value is -2.87. The zero-order chi connectivity index (χ0) is 18.3. The van der Waals surface area contributed by atoms with Crippen LogP contribution < -0.4 is 5.76 Å². The van der Waals surface area contributed by atoms with E-state index < -0.39 is 11.9 Å². The van der Waals surface area contributed by atoms with Gasteiger partial charge in [-0.15, -0.1) is 0 Å². The molecule has 0 bridgehead atoms. The number of hydrogen-bond donors (Lipinski definition) is 2. The van der Waals surface area contributed by atoms with Crippen molar-refractivity contribution in [3.05, 3.63) is 52.3 Å². The van der Waals surface area contributed by atoms with Crippen LogP contribution in [0.4, 0.5) is 0 Å². The molecule has 4 rings (SSSR count). The average molecular weight is 356 g/mol. The number of aromatic nitrogens is 3. The minimum Gasteiger partial charge on any atom is -0.408 e. The van der Waals surface area contributed by atoms with Crippen molar-refractivity contribution in [2.24, 2.45) is 5.92 Å². The summed E-state index contributed by atoms with van der Waals surface area (Å²) in [7, 11) is 0. The van der Waals surface area contributed by atoms with Crippen LogP contribution in [0.25, 0.3) is 11.1 Å². The van der Waals surface area contributed by atoms with E-state index in [1.807, 2.05) is 13.0 Å². The van der Waals surface area contributed by atoms with Gasteiger partial charge < -0.3 is 14.4 Å². The van der Waals surface area contributed by atoms with Crippen molar-refractivity contribution in [3.63, 3.8) is 0 Å². The minimum atomic E-state index is -0.603. The highest BCUT2D eigenvalue weighted by molar-refractivity contribution is 5.79. The van der Waals surface area contributed by atoms with Gasteiger partial charge in [0.25, 0.3) is 0 Å². The first-order valence-corrected chi connectivity index (χ1v) is 8.56. The standard InChI is InChI=1S/C18H20N4O4/c1-11-6-13(20-19-11)7-12-8-21(9-15(12)23)17(24)10-22-14-4-2-3-5-16(14)26-18(22)25/h2-6,12,15,23H,7-10H2,1H3,(H,19,20)/t12-,15-/m1/s1. The summed E-state index contributed by atoms with van der Waals surface area (Å²) in [6.45, 7) is 2.52. The van der Waals surface area contributed by atoms with Crippen LogP contribution in [0.5, 0.6) is 0 Å². The van der Waals surface area contributed by atoms with Crippen LogP contribution in [0.3, 0.4) is 0 Å². The Labute approximate surface area is 149 Å². The molecule has 1 amide bonds. The zero-order valence-corrected chi connectivity index (χ0v) is 14.4. The highest BCUT2D eigenvalue weighted by atomic mass is 16.4. The van der Waals surface area contributed by atoms with Gasteiger partial charge in [-0.05, 0) is 31.5 Å². The Morgan fingerprint density at radius 3 is 2.96 bits per heavy atom. The number of nitrogens with one attached hydrogen (secondary N) is 1. The molecule has 0 spiro atoms. The molecule has 0 unspecified atom stereocenters. The van der Waals surface area contributed by atoms with Gasteiger partial charge in [0.05, 0.1) is 17.3 Å². The fourth-order valence-electron chi connectivity index (χ4n) is 3.50. The first kappa shape index (κ1) is 16.6. The molecule has 136 valence electrons. The van der Waals surface area contributed by atoms with Crippen LogP contribution >= 0.6 is 0 Å². The molecule has 3 heterocycles. The lowest BCUT2D eigenvalue weighted by Gasteiger charge is -2.16. The Morgan fingerprint density at radius 1 is 1.38 bits per heavy atom. The maximum Gasteiger partial charge on any atom is 0.420 e. The lowest BCUT2D eigenvalue weighted by Crippen LogP contribution is -2.34. The average Bonchev–Trinajstić information content (AvgIpc) is 3.27. The van der Waals surface area contributed by atoms with Gasteiger partial charge in [-0.1, -0.05) is 12.1 Å². The van der Waals surface area contributed by atoms with E-state index in [1.165, 1.54) is 4.57 Å². The van der Waals surface area contributed by atoms with E-state index in [4.69, 9.17) is 4.42 Å². The summed E-state index contributed by atoms with van der Waals surface area (Å²) in [5, 5.41) is 17.4. The van der Waals surface area contributed by atoms with Crippen molar-refractivity contribution in [2.45, 2.75) is 26.0 Å². The number of para-hydroxylation sites is 2. The number of amides is 1. The Balaban J connectivity index is 1.47. The number of oxazole rings is 1. The lowest BCUT2D eigenvalue weighted by atomic mass is 10.0. The molecule has 2 aromatic heterocycles. The van der Waals surface area contributed by atoms with E-state index in [1.54, 1.807) is 29.2 Å².